The second-order valence-electron chi connectivity index (χ2n) is 4.79. The summed E-state index contributed by atoms with van der Waals surface area (Å²) < 4.78 is 19.1. The van der Waals surface area contributed by atoms with E-state index in [0.717, 1.165) is 0 Å². The Hall–Kier alpha value is -1.23. The Morgan fingerprint density at radius 2 is 1.94 bits per heavy atom. The molecule has 0 saturated heterocycles. The number of halogens is 2. The first-order valence-electron chi connectivity index (χ1n) is 5.17. The molecule has 2 aromatic rings. The summed E-state index contributed by atoms with van der Waals surface area (Å²) in [6, 6.07) is 4.34. The van der Waals surface area contributed by atoms with Crippen LogP contribution in [0.2, 0.25) is 0 Å². The van der Waals surface area contributed by atoms with Crippen molar-refractivity contribution in [1.29, 1.82) is 0 Å². The molecule has 0 aliphatic carbocycles. The smallest absolute Gasteiger partial charge is 0.248 e. The van der Waals surface area contributed by atoms with Crippen LogP contribution in [-0.2, 0) is 5.41 Å². The number of benzene rings is 1. The minimum Gasteiger partial charge on any atom is -0.420 e. The zero-order valence-corrected chi connectivity index (χ0v) is 11.4. The summed E-state index contributed by atoms with van der Waals surface area (Å²) in [5, 5.41) is 7.97. The van der Waals surface area contributed by atoms with Crippen molar-refractivity contribution in [3.63, 3.8) is 0 Å². The van der Waals surface area contributed by atoms with Crippen LogP contribution >= 0.6 is 15.9 Å². The highest BCUT2D eigenvalue weighted by atomic mass is 79.9. The first-order chi connectivity index (χ1) is 7.88. The SMILES string of the molecule is CC(C)(C)c1nnc(-c2ccc(F)cc2Br)o1. The van der Waals surface area contributed by atoms with E-state index in [1.165, 1.54) is 12.1 Å². The molecule has 0 aliphatic rings. The fourth-order valence-corrected chi connectivity index (χ4v) is 1.82. The van der Waals surface area contributed by atoms with Gasteiger partial charge in [-0.15, -0.1) is 10.2 Å². The van der Waals surface area contributed by atoms with Gasteiger partial charge in [-0.3, -0.25) is 0 Å². The van der Waals surface area contributed by atoms with Crippen molar-refractivity contribution < 1.29 is 8.81 Å². The van der Waals surface area contributed by atoms with E-state index in [0.29, 0.717) is 21.8 Å². The van der Waals surface area contributed by atoms with Crippen LogP contribution in [0.1, 0.15) is 26.7 Å². The molecule has 0 fully saturated rings. The van der Waals surface area contributed by atoms with E-state index in [1.54, 1.807) is 6.07 Å². The maximum Gasteiger partial charge on any atom is 0.248 e. The first kappa shape index (κ1) is 12.2. The van der Waals surface area contributed by atoms with Crippen molar-refractivity contribution in [2.24, 2.45) is 0 Å². The Labute approximate surface area is 107 Å². The molecule has 0 atom stereocenters. The van der Waals surface area contributed by atoms with Crippen LogP contribution in [0.3, 0.4) is 0 Å². The van der Waals surface area contributed by atoms with Gasteiger partial charge in [0.05, 0.1) is 5.56 Å². The van der Waals surface area contributed by atoms with Crippen LogP contribution in [0.4, 0.5) is 4.39 Å². The highest BCUT2D eigenvalue weighted by Gasteiger charge is 2.22. The molecule has 90 valence electrons. The van der Waals surface area contributed by atoms with E-state index >= 15 is 0 Å². The van der Waals surface area contributed by atoms with Crippen LogP contribution in [0.25, 0.3) is 11.5 Å². The molecule has 1 heterocycles. The average Bonchev–Trinajstić information content (AvgIpc) is 2.65. The van der Waals surface area contributed by atoms with Crippen LogP contribution in [0.15, 0.2) is 27.1 Å². The number of hydrogen-bond donors (Lipinski definition) is 0. The monoisotopic (exact) mass is 298 g/mol. The van der Waals surface area contributed by atoms with Crippen molar-refractivity contribution in [3.05, 3.63) is 34.4 Å². The number of rotatable bonds is 1. The maximum atomic E-state index is 13.0. The highest BCUT2D eigenvalue weighted by Crippen LogP contribution is 2.30. The van der Waals surface area contributed by atoms with E-state index < -0.39 is 0 Å². The Morgan fingerprint density at radius 3 is 2.47 bits per heavy atom. The number of nitrogens with zero attached hydrogens (tertiary/aromatic N) is 2. The Bertz CT molecular complexity index is 546. The lowest BCUT2D eigenvalue weighted by atomic mass is 9.97. The standard InChI is InChI=1S/C12H12BrFN2O/c1-12(2,3)11-16-15-10(17-11)8-5-4-7(14)6-9(8)13/h4-6H,1-3H3. The van der Waals surface area contributed by atoms with E-state index in [4.69, 9.17) is 4.42 Å². The topological polar surface area (TPSA) is 38.9 Å². The van der Waals surface area contributed by atoms with Crippen molar-refractivity contribution in [3.8, 4) is 11.5 Å². The lowest BCUT2D eigenvalue weighted by Crippen LogP contribution is -2.11. The number of aromatic nitrogens is 2. The summed E-state index contributed by atoms with van der Waals surface area (Å²) in [4.78, 5) is 0. The predicted molar refractivity (Wildman–Crippen MR) is 66.1 cm³/mol. The van der Waals surface area contributed by atoms with Crippen LogP contribution in [0.5, 0.6) is 0 Å². The zero-order valence-electron chi connectivity index (χ0n) is 9.79. The fraction of sp³-hybridized carbons (Fsp3) is 0.333. The van der Waals surface area contributed by atoms with Crippen molar-refractivity contribution in [2.45, 2.75) is 26.2 Å². The second kappa shape index (κ2) is 4.22. The molecular formula is C12H12BrFN2O. The molecule has 0 radical (unpaired) electrons. The molecule has 0 amide bonds. The molecule has 1 aromatic heterocycles. The molecule has 17 heavy (non-hydrogen) atoms. The van der Waals surface area contributed by atoms with Crippen LogP contribution in [0, 0.1) is 5.82 Å². The molecule has 0 unspecified atom stereocenters. The van der Waals surface area contributed by atoms with Gasteiger partial charge in [0.25, 0.3) is 0 Å². The van der Waals surface area contributed by atoms with Gasteiger partial charge >= 0.3 is 0 Å². The Balaban J connectivity index is 2.44. The van der Waals surface area contributed by atoms with Crippen molar-refractivity contribution >= 4 is 15.9 Å². The molecule has 0 N–H and O–H groups in total. The van der Waals surface area contributed by atoms with E-state index in [1.807, 2.05) is 20.8 Å². The summed E-state index contributed by atoms with van der Waals surface area (Å²) >= 11 is 3.28. The quantitative estimate of drug-likeness (QED) is 0.800. The Morgan fingerprint density at radius 1 is 1.24 bits per heavy atom. The minimum absolute atomic E-state index is 0.197. The molecule has 0 bridgehead atoms. The number of hydrogen-bond acceptors (Lipinski definition) is 3. The summed E-state index contributed by atoms with van der Waals surface area (Å²) in [5.41, 5.74) is 0.493. The first-order valence-corrected chi connectivity index (χ1v) is 5.96. The van der Waals surface area contributed by atoms with Gasteiger partial charge in [-0.1, -0.05) is 20.8 Å². The summed E-state index contributed by atoms with van der Waals surface area (Å²) in [6.07, 6.45) is 0. The molecule has 0 aliphatic heterocycles. The largest absolute Gasteiger partial charge is 0.420 e. The Kier molecular flexibility index (Phi) is 3.03. The molecule has 0 spiro atoms. The normalized spacial score (nSPS) is 11.8. The molecule has 2 rings (SSSR count). The van der Waals surface area contributed by atoms with Crippen molar-refractivity contribution in [2.75, 3.05) is 0 Å². The zero-order chi connectivity index (χ0) is 12.6. The summed E-state index contributed by atoms with van der Waals surface area (Å²) in [7, 11) is 0. The summed E-state index contributed by atoms with van der Waals surface area (Å²) in [5.74, 6) is 0.640. The predicted octanol–water partition coefficient (Wildman–Crippen LogP) is 3.94. The van der Waals surface area contributed by atoms with Gasteiger partial charge in [0.2, 0.25) is 11.8 Å². The van der Waals surface area contributed by atoms with Gasteiger partial charge in [-0.25, -0.2) is 4.39 Å². The van der Waals surface area contributed by atoms with Gasteiger partial charge in [0.1, 0.15) is 5.82 Å². The van der Waals surface area contributed by atoms with E-state index in [2.05, 4.69) is 26.1 Å². The lowest BCUT2D eigenvalue weighted by Gasteiger charge is -2.11. The molecular weight excluding hydrogens is 287 g/mol. The molecule has 1 aromatic carbocycles. The third-order valence-electron chi connectivity index (χ3n) is 2.23. The van der Waals surface area contributed by atoms with Gasteiger partial charge < -0.3 is 4.42 Å². The van der Waals surface area contributed by atoms with Crippen LogP contribution in [-0.4, -0.2) is 10.2 Å². The van der Waals surface area contributed by atoms with Crippen molar-refractivity contribution in [1.82, 2.24) is 10.2 Å². The van der Waals surface area contributed by atoms with Gasteiger partial charge in [-0.2, -0.15) is 0 Å². The van der Waals surface area contributed by atoms with Gasteiger partial charge in [-0.05, 0) is 34.1 Å². The fourth-order valence-electron chi connectivity index (χ4n) is 1.30. The third kappa shape index (κ3) is 2.54. The van der Waals surface area contributed by atoms with E-state index in [-0.39, 0.29) is 11.2 Å². The van der Waals surface area contributed by atoms with Crippen LogP contribution < -0.4 is 0 Å². The molecule has 3 nitrogen and oxygen atoms in total. The van der Waals surface area contributed by atoms with Gasteiger partial charge in [0.15, 0.2) is 0 Å². The maximum absolute atomic E-state index is 13.0. The third-order valence-corrected chi connectivity index (χ3v) is 2.88. The molecule has 0 saturated carbocycles. The minimum atomic E-state index is -0.309. The summed E-state index contributed by atoms with van der Waals surface area (Å²) in [6.45, 7) is 5.97. The lowest BCUT2D eigenvalue weighted by molar-refractivity contribution is 0.399. The van der Waals surface area contributed by atoms with E-state index in [9.17, 15) is 4.39 Å². The molecule has 5 heteroatoms. The second-order valence-corrected chi connectivity index (χ2v) is 5.64. The highest BCUT2D eigenvalue weighted by molar-refractivity contribution is 9.10. The van der Waals surface area contributed by atoms with Gasteiger partial charge in [0, 0.05) is 9.89 Å². The average molecular weight is 299 g/mol.